The van der Waals surface area contributed by atoms with Gasteiger partial charge in [-0.05, 0) is 13.8 Å². The predicted molar refractivity (Wildman–Crippen MR) is 52.5 cm³/mol. The lowest BCUT2D eigenvalue weighted by Gasteiger charge is -2.38. The van der Waals surface area contributed by atoms with Crippen molar-refractivity contribution in [3.8, 4) is 0 Å². The molecule has 1 aliphatic rings. The number of aliphatic hydroxyl groups excluding tert-OH is 1. The van der Waals surface area contributed by atoms with Crippen LogP contribution in [0.3, 0.4) is 0 Å². The third-order valence-electron chi connectivity index (χ3n) is 2.31. The summed E-state index contributed by atoms with van der Waals surface area (Å²) in [5.74, 6) is 0. The second kappa shape index (κ2) is 3.90. The highest BCUT2D eigenvalue weighted by Crippen LogP contribution is 2.33. The lowest BCUT2D eigenvalue weighted by molar-refractivity contribution is -0.512. The molecule has 2 rings (SSSR count). The minimum absolute atomic E-state index is 0.593. The molecule has 0 saturated carbocycles. The first-order valence-electron chi connectivity index (χ1n) is 4.82. The van der Waals surface area contributed by atoms with E-state index in [2.05, 4.69) is 0 Å². The zero-order valence-corrected chi connectivity index (χ0v) is 8.71. The first kappa shape index (κ1) is 10.6. The van der Waals surface area contributed by atoms with Crippen LogP contribution in [0.15, 0.2) is 30.3 Å². The largest absolute Gasteiger partial charge is 0.363 e. The van der Waals surface area contributed by atoms with Crippen molar-refractivity contribution in [2.24, 2.45) is 0 Å². The van der Waals surface area contributed by atoms with E-state index >= 15 is 0 Å². The maximum absolute atomic E-state index is 9.43. The van der Waals surface area contributed by atoms with Crippen molar-refractivity contribution >= 4 is 0 Å². The quantitative estimate of drug-likeness (QED) is 0.717. The Labute approximate surface area is 88.3 Å². The van der Waals surface area contributed by atoms with Gasteiger partial charge in [-0.25, -0.2) is 0 Å². The highest BCUT2D eigenvalue weighted by Gasteiger charge is 2.39. The molecule has 1 fully saturated rings. The van der Waals surface area contributed by atoms with Gasteiger partial charge >= 0.3 is 0 Å². The Morgan fingerprint density at radius 2 is 1.80 bits per heavy atom. The molecule has 82 valence electrons. The number of benzene rings is 1. The molecule has 1 saturated heterocycles. The monoisotopic (exact) mass is 210 g/mol. The van der Waals surface area contributed by atoms with Crippen molar-refractivity contribution in [1.82, 2.24) is 0 Å². The van der Waals surface area contributed by atoms with E-state index in [9.17, 15) is 5.11 Å². The number of hydrogen-bond acceptors (Lipinski definition) is 4. The van der Waals surface area contributed by atoms with Gasteiger partial charge in [0.1, 0.15) is 5.60 Å². The molecule has 0 spiro atoms. The molecule has 15 heavy (non-hydrogen) atoms. The molecular weight excluding hydrogens is 196 g/mol. The smallest absolute Gasteiger partial charge is 0.218 e. The van der Waals surface area contributed by atoms with Crippen LogP contribution in [0, 0.1) is 0 Å². The molecular formula is C11H14O4. The molecule has 1 aromatic carbocycles. The van der Waals surface area contributed by atoms with Gasteiger partial charge in [0.25, 0.3) is 0 Å². The SMILES string of the molecule is CC1(C)OC(c2ccccc2)OOC1O. The fraction of sp³-hybridized carbons (Fsp3) is 0.455. The first-order valence-corrected chi connectivity index (χ1v) is 4.82. The average molecular weight is 210 g/mol. The van der Waals surface area contributed by atoms with Crippen LogP contribution in [-0.4, -0.2) is 17.0 Å². The molecule has 0 amide bonds. The van der Waals surface area contributed by atoms with Gasteiger partial charge in [-0.3, -0.25) is 0 Å². The minimum Gasteiger partial charge on any atom is -0.363 e. The summed E-state index contributed by atoms with van der Waals surface area (Å²) >= 11 is 0. The van der Waals surface area contributed by atoms with Crippen molar-refractivity contribution in [3.63, 3.8) is 0 Å². The molecule has 1 heterocycles. The van der Waals surface area contributed by atoms with Crippen LogP contribution in [0.25, 0.3) is 0 Å². The Balaban J connectivity index is 2.14. The maximum atomic E-state index is 9.43. The highest BCUT2D eigenvalue weighted by molar-refractivity contribution is 5.16. The summed E-state index contributed by atoms with van der Waals surface area (Å²) < 4.78 is 5.57. The number of hydrogen-bond donors (Lipinski definition) is 1. The van der Waals surface area contributed by atoms with Crippen molar-refractivity contribution in [2.75, 3.05) is 0 Å². The van der Waals surface area contributed by atoms with Crippen LogP contribution in [0.4, 0.5) is 0 Å². The van der Waals surface area contributed by atoms with Crippen LogP contribution in [0.1, 0.15) is 25.7 Å². The molecule has 0 bridgehead atoms. The molecule has 2 unspecified atom stereocenters. The number of rotatable bonds is 1. The molecule has 4 heteroatoms. The Bertz CT molecular complexity index is 323. The van der Waals surface area contributed by atoms with Gasteiger partial charge in [0.05, 0.1) is 0 Å². The zero-order valence-electron chi connectivity index (χ0n) is 8.71. The van der Waals surface area contributed by atoms with Crippen LogP contribution in [0.2, 0.25) is 0 Å². The molecule has 2 atom stereocenters. The standard InChI is InChI=1S/C11H14O4/c1-11(2)10(12)15-14-9(13-11)8-6-4-3-5-7-8/h3-7,9-10,12H,1-2H3. The van der Waals surface area contributed by atoms with E-state index in [4.69, 9.17) is 14.5 Å². The Morgan fingerprint density at radius 3 is 2.40 bits per heavy atom. The molecule has 1 N–H and O–H groups in total. The van der Waals surface area contributed by atoms with E-state index < -0.39 is 18.2 Å². The maximum Gasteiger partial charge on any atom is 0.218 e. The van der Waals surface area contributed by atoms with Crippen molar-refractivity contribution in [1.29, 1.82) is 0 Å². The van der Waals surface area contributed by atoms with Gasteiger partial charge in [-0.15, -0.1) is 0 Å². The second-order valence-electron chi connectivity index (χ2n) is 4.01. The Hall–Kier alpha value is -0.940. The average Bonchev–Trinajstić information content (AvgIpc) is 2.23. The Kier molecular flexibility index (Phi) is 2.75. The van der Waals surface area contributed by atoms with Gasteiger partial charge in [-0.2, -0.15) is 9.78 Å². The van der Waals surface area contributed by atoms with E-state index in [1.54, 1.807) is 13.8 Å². The summed E-state index contributed by atoms with van der Waals surface area (Å²) in [7, 11) is 0. The van der Waals surface area contributed by atoms with Gasteiger partial charge in [0.15, 0.2) is 0 Å². The summed E-state index contributed by atoms with van der Waals surface area (Å²) in [5.41, 5.74) is 0.0798. The minimum atomic E-state index is -1.07. The fourth-order valence-electron chi connectivity index (χ4n) is 1.31. The lowest BCUT2D eigenvalue weighted by atomic mass is 10.1. The normalized spacial score (nSPS) is 30.1. The van der Waals surface area contributed by atoms with Gasteiger partial charge in [0, 0.05) is 5.56 Å². The molecule has 0 radical (unpaired) electrons. The fourth-order valence-corrected chi connectivity index (χ4v) is 1.31. The van der Waals surface area contributed by atoms with Crippen molar-refractivity contribution < 1.29 is 19.6 Å². The van der Waals surface area contributed by atoms with Crippen molar-refractivity contribution in [3.05, 3.63) is 35.9 Å². The zero-order chi connectivity index (χ0) is 10.9. The number of ether oxygens (including phenoxy) is 1. The van der Waals surface area contributed by atoms with Gasteiger partial charge in [-0.1, -0.05) is 30.3 Å². The summed E-state index contributed by atoms with van der Waals surface area (Å²) in [6, 6.07) is 9.44. The Morgan fingerprint density at radius 1 is 1.13 bits per heavy atom. The van der Waals surface area contributed by atoms with Crippen LogP contribution < -0.4 is 0 Å². The van der Waals surface area contributed by atoms with E-state index in [0.717, 1.165) is 5.56 Å². The van der Waals surface area contributed by atoms with Crippen LogP contribution >= 0.6 is 0 Å². The van der Waals surface area contributed by atoms with Crippen LogP contribution in [-0.2, 0) is 14.5 Å². The molecule has 0 aromatic heterocycles. The molecule has 1 aromatic rings. The third kappa shape index (κ3) is 2.18. The van der Waals surface area contributed by atoms with E-state index in [1.165, 1.54) is 0 Å². The molecule has 1 aliphatic heterocycles. The van der Waals surface area contributed by atoms with Gasteiger partial charge < -0.3 is 9.84 Å². The molecule has 0 aliphatic carbocycles. The molecule has 4 nitrogen and oxygen atoms in total. The highest BCUT2D eigenvalue weighted by atomic mass is 17.3. The summed E-state index contributed by atoms with van der Waals surface area (Å²) in [4.78, 5) is 9.73. The first-order chi connectivity index (χ1) is 7.09. The third-order valence-corrected chi connectivity index (χ3v) is 2.31. The second-order valence-corrected chi connectivity index (χ2v) is 4.01. The van der Waals surface area contributed by atoms with Gasteiger partial charge in [0.2, 0.25) is 12.6 Å². The summed E-state index contributed by atoms with van der Waals surface area (Å²) in [5, 5.41) is 9.43. The predicted octanol–water partition coefficient (Wildman–Crippen LogP) is 1.76. The summed E-state index contributed by atoms with van der Waals surface area (Å²) in [6.07, 6.45) is -1.66. The van der Waals surface area contributed by atoms with Crippen LogP contribution in [0.5, 0.6) is 0 Å². The van der Waals surface area contributed by atoms with E-state index in [0.29, 0.717) is 0 Å². The topological polar surface area (TPSA) is 47.9 Å². The van der Waals surface area contributed by atoms with E-state index in [-0.39, 0.29) is 0 Å². The number of aliphatic hydroxyl groups is 1. The lowest BCUT2D eigenvalue weighted by Crippen LogP contribution is -2.46. The summed E-state index contributed by atoms with van der Waals surface area (Å²) in [6.45, 7) is 3.49. The van der Waals surface area contributed by atoms with Crippen molar-refractivity contribution in [2.45, 2.75) is 32.0 Å². The van der Waals surface area contributed by atoms with E-state index in [1.807, 2.05) is 30.3 Å².